The number of rotatable bonds is 7. The highest BCUT2D eigenvalue weighted by Crippen LogP contribution is 2.40. The van der Waals surface area contributed by atoms with Gasteiger partial charge in [0.1, 0.15) is 12.4 Å². The van der Waals surface area contributed by atoms with E-state index in [0.29, 0.717) is 34.5 Å². The Morgan fingerprint density at radius 1 is 1.33 bits per heavy atom. The molecule has 1 N–H and O–H groups in total. The van der Waals surface area contributed by atoms with Crippen LogP contribution in [0.15, 0.2) is 24.3 Å². The molecule has 7 nitrogen and oxygen atoms in total. The lowest BCUT2D eigenvalue weighted by Crippen LogP contribution is -2.19. The fourth-order valence-corrected chi connectivity index (χ4v) is 3.70. The Kier molecular flexibility index (Phi) is 5.66. The Bertz CT molecular complexity index is 1100. The summed E-state index contributed by atoms with van der Waals surface area (Å²) in [7, 11) is 5.83. The van der Waals surface area contributed by atoms with E-state index in [1.54, 1.807) is 22.9 Å². The molecule has 0 aliphatic heterocycles. The Morgan fingerprint density at radius 3 is 2.77 bits per heavy atom. The number of hydrogen-bond donors (Lipinski definition) is 1. The van der Waals surface area contributed by atoms with Gasteiger partial charge < -0.3 is 15.0 Å². The smallest absolute Gasteiger partial charge is 0.256 e. The predicted octanol–water partition coefficient (Wildman–Crippen LogP) is 4.00. The Hall–Kier alpha value is -2.64. The molecule has 0 saturated heterocycles. The third-order valence-corrected chi connectivity index (χ3v) is 5.51. The number of fused-ring (bicyclic) bond motifs is 1. The number of pyridine rings is 1. The van der Waals surface area contributed by atoms with Crippen molar-refractivity contribution in [3.8, 4) is 5.75 Å². The maximum absolute atomic E-state index is 13.2. The molecule has 0 spiro atoms. The summed E-state index contributed by atoms with van der Waals surface area (Å²) >= 11 is 6.36. The van der Waals surface area contributed by atoms with E-state index in [9.17, 15) is 4.79 Å². The zero-order valence-electron chi connectivity index (χ0n) is 17.7. The number of anilines is 1. The third kappa shape index (κ3) is 4.27. The van der Waals surface area contributed by atoms with E-state index in [1.807, 2.05) is 39.0 Å². The number of nitrogens with zero attached hydrogens (tertiary/aromatic N) is 4. The summed E-state index contributed by atoms with van der Waals surface area (Å²) in [6, 6.07) is 7.19. The van der Waals surface area contributed by atoms with E-state index in [-0.39, 0.29) is 5.91 Å². The van der Waals surface area contributed by atoms with E-state index in [1.165, 1.54) is 0 Å². The second-order valence-corrected chi connectivity index (χ2v) is 8.43. The van der Waals surface area contributed by atoms with Gasteiger partial charge >= 0.3 is 0 Å². The van der Waals surface area contributed by atoms with Crippen LogP contribution in [0.3, 0.4) is 0 Å². The van der Waals surface area contributed by atoms with E-state index >= 15 is 0 Å². The van der Waals surface area contributed by atoms with Gasteiger partial charge in [-0.3, -0.25) is 9.48 Å². The second kappa shape index (κ2) is 8.24. The van der Waals surface area contributed by atoms with Crippen molar-refractivity contribution in [3.63, 3.8) is 0 Å². The van der Waals surface area contributed by atoms with Crippen molar-refractivity contribution in [2.45, 2.75) is 25.7 Å². The summed E-state index contributed by atoms with van der Waals surface area (Å²) in [4.78, 5) is 20.0. The molecule has 3 aromatic rings. The molecule has 0 radical (unpaired) electrons. The van der Waals surface area contributed by atoms with Crippen LogP contribution in [-0.2, 0) is 7.05 Å². The van der Waals surface area contributed by atoms with Crippen LogP contribution in [0.5, 0.6) is 5.75 Å². The van der Waals surface area contributed by atoms with Crippen LogP contribution in [0.2, 0.25) is 5.02 Å². The summed E-state index contributed by atoms with van der Waals surface area (Å²) in [5, 5.41) is 8.67. The molecule has 1 aromatic carbocycles. The van der Waals surface area contributed by atoms with Gasteiger partial charge in [0.15, 0.2) is 5.65 Å². The number of aryl methyl sites for hydroxylation is 2. The minimum Gasteiger partial charge on any atom is -0.491 e. The first-order valence-electron chi connectivity index (χ1n) is 10.1. The van der Waals surface area contributed by atoms with Gasteiger partial charge in [0.2, 0.25) is 0 Å². The minimum absolute atomic E-state index is 0.197. The largest absolute Gasteiger partial charge is 0.491 e. The van der Waals surface area contributed by atoms with Crippen molar-refractivity contribution < 1.29 is 9.53 Å². The molecule has 0 unspecified atom stereocenters. The molecule has 4 rings (SSSR count). The molecule has 2 aromatic heterocycles. The normalized spacial score (nSPS) is 13.8. The number of nitrogens with one attached hydrogen (secondary N) is 1. The predicted molar refractivity (Wildman–Crippen MR) is 119 cm³/mol. The number of halogens is 1. The fraction of sp³-hybridized carbons (Fsp3) is 0.409. The molecular weight excluding hydrogens is 402 g/mol. The first kappa shape index (κ1) is 20.6. The highest BCUT2D eigenvalue weighted by atomic mass is 35.5. The summed E-state index contributed by atoms with van der Waals surface area (Å²) in [5.41, 5.74) is 3.69. The van der Waals surface area contributed by atoms with Crippen LogP contribution < -0.4 is 10.1 Å². The van der Waals surface area contributed by atoms with Crippen LogP contribution in [0.4, 0.5) is 5.69 Å². The summed E-state index contributed by atoms with van der Waals surface area (Å²) in [6.07, 6.45) is 2.22. The van der Waals surface area contributed by atoms with Crippen LogP contribution in [0, 0.1) is 6.92 Å². The lowest BCUT2D eigenvalue weighted by molar-refractivity contribution is 0.102. The zero-order valence-corrected chi connectivity index (χ0v) is 18.5. The van der Waals surface area contributed by atoms with E-state index in [4.69, 9.17) is 21.3 Å². The number of likely N-dealkylation sites (N-methyl/N-ethyl adjacent to an activating group) is 1. The number of carbonyl (C=O) groups excluding carboxylic acids is 1. The maximum Gasteiger partial charge on any atom is 0.256 e. The topological polar surface area (TPSA) is 72.3 Å². The summed E-state index contributed by atoms with van der Waals surface area (Å²) in [6.45, 7) is 3.23. The lowest BCUT2D eigenvalue weighted by Gasteiger charge is -2.13. The molecule has 0 atom stereocenters. The number of benzene rings is 1. The standard InChI is InChI=1S/C22H26ClN5O2/c1-13-20-16(12-18(14-5-6-14)25-21(20)28(4)26-13)22(29)24-15-7-8-19(17(23)11-15)30-10-9-27(2)3/h7-8,11-12,14H,5-6,9-10H2,1-4H3,(H,24,29). The molecule has 0 bridgehead atoms. The Morgan fingerprint density at radius 2 is 2.10 bits per heavy atom. The van der Waals surface area contributed by atoms with Gasteiger partial charge in [0.05, 0.1) is 21.7 Å². The summed E-state index contributed by atoms with van der Waals surface area (Å²) in [5.74, 6) is 0.837. The average Bonchev–Trinajstić information content (AvgIpc) is 3.49. The second-order valence-electron chi connectivity index (χ2n) is 8.03. The number of hydrogen-bond acceptors (Lipinski definition) is 5. The SMILES string of the molecule is Cc1nn(C)c2nc(C3CC3)cc(C(=O)Nc3ccc(OCCN(C)C)c(Cl)c3)c12. The van der Waals surface area contributed by atoms with Gasteiger partial charge in [-0.15, -0.1) is 0 Å². The van der Waals surface area contributed by atoms with Crippen molar-refractivity contribution in [2.75, 3.05) is 32.6 Å². The van der Waals surface area contributed by atoms with Crippen LogP contribution in [0.25, 0.3) is 11.0 Å². The monoisotopic (exact) mass is 427 g/mol. The maximum atomic E-state index is 13.2. The molecule has 1 aliphatic rings. The van der Waals surface area contributed by atoms with Crippen molar-refractivity contribution in [1.29, 1.82) is 0 Å². The van der Waals surface area contributed by atoms with E-state index < -0.39 is 0 Å². The van der Waals surface area contributed by atoms with Crippen molar-refractivity contribution in [1.82, 2.24) is 19.7 Å². The van der Waals surface area contributed by atoms with Gasteiger partial charge in [-0.25, -0.2) is 4.98 Å². The molecule has 1 fully saturated rings. The van der Waals surface area contributed by atoms with Crippen LogP contribution in [-0.4, -0.2) is 52.8 Å². The third-order valence-electron chi connectivity index (χ3n) is 5.21. The van der Waals surface area contributed by atoms with Crippen molar-refractivity contribution in [2.24, 2.45) is 7.05 Å². The van der Waals surface area contributed by atoms with Crippen LogP contribution in [0.1, 0.15) is 40.5 Å². The fourth-order valence-electron chi connectivity index (χ4n) is 3.46. The molecular formula is C22H26ClN5O2. The zero-order chi connectivity index (χ0) is 21.4. The van der Waals surface area contributed by atoms with Crippen molar-refractivity contribution in [3.05, 3.63) is 46.2 Å². The number of amides is 1. The van der Waals surface area contributed by atoms with Gasteiger partial charge in [-0.1, -0.05) is 11.6 Å². The van der Waals surface area contributed by atoms with Gasteiger partial charge in [-0.05, 0) is 58.1 Å². The molecule has 158 valence electrons. The van der Waals surface area contributed by atoms with Gasteiger partial charge in [0, 0.05) is 30.9 Å². The highest BCUT2D eigenvalue weighted by molar-refractivity contribution is 6.32. The number of carbonyl (C=O) groups is 1. The Balaban J connectivity index is 1.58. The molecule has 1 saturated carbocycles. The van der Waals surface area contributed by atoms with Gasteiger partial charge in [-0.2, -0.15) is 5.10 Å². The molecule has 1 aliphatic carbocycles. The first-order valence-corrected chi connectivity index (χ1v) is 10.4. The van der Waals surface area contributed by atoms with Crippen LogP contribution >= 0.6 is 11.6 Å². The number of ether oxygens (including phenoxy) is 1. The average molecular weight is 428 g/mol. The molecule has 2 heterocycles. The summed E-state index contributed by atoms with van der Waals surface area (Å²) < 4.78 is 7.45. The molecule has 30 heavy (non-hydrogen) atoms. The highest BCUT2D eigenvalue weighted by Gasteiger charge is 2.28. The first-order chi connectivity index (χ1) is 14.3. The van der Waals surface area contributed by atoms with E-state index in [2.05, 4.69) is 10.4 Å². The quantitative estimate of drug-likeness (QED) is 0.617. The number of aromatic nitrogens is 3. The van der Waals surface area contributed by atoms with Crippen molar-refractivity contribution >= 4 is 34.2 Å². The van der Waals surface area contributed by atoms with Gasteiger partial charge in [0.25, 0.3) is 5.91 Å². The van der Waals surface area contributed by atoms with E-state index in [0.717, 1.165) is 41.8 Å². The minimum atomic E-state index is -0.197. The lowest BCUT2D eigenvalue weighted by atomic mass is 10.1. The Labute approximate surface area is 181 Å². The molecule has 1 amide bonds. The molecule has 8 heteroatoms.